The van der Waals surface area contributed by atoms with E-state index >= 15 is 0 Å². The van der Waals surface area contributed by atoms with Gasteiger partial charge in [-0.1, -0.05) is 19.8 Å². The highest BCUT2D eigenvalue weighted by atomic mass is 15.3. The lowest BCUT2D eigenvalue weighted by atomic mass is 10.1. The van der Waals surface area contributed by atoms with Gasteiger partial charge in [0.05, 0.1) is 0 Å². The van der Waals surface area contributed by atoms with Crippen LogP contribution in [-0.2, 0) is 0 Å². The number of unbranched alkanes of at least 4 members (excludes halogenated alkanes) is 1. The molecule has 1 heterocycles. The van der Waals surface area contributed by atoms with Gasteiger partial charge in [0.2, 0.25) is 0 Å². The standard InChI is InChI=1S/C11H24N2/c1-4-5-6-11(2)13-9-7-12(3)8-10-13/h11H,4-10H2,1-3H3. The molecule has 2 nitrogen and oxygen atoms in total. The van der Waals surface area contributed by atoms with Crippen LogP contribution >= 0.6 is 0 Å². The minimum Gasteiger partial charge on any atom is -0.304 e. The van der Waals surface area contributed by atoms with Gasteiger partial charge in [-0.2, -0.15) is 0 Å². The van der Waals surface area contributed by atoms with Crippen molar-refractivity contribution in [2.45, 2.75) is 39.2 Å². The van der Waals surface area contributed by atoms with Crippen molar-refractivity contribution in [3.63, 3.8) is 0 Å². The molecular weight excluding hydrogens is 160 g/mol. The van der Waals surface area contributed by atoms with E-state index in [9.17, 15) is 0 Å². The molecule has 78 valence electrons. The molecule has 0 N–H and O–H groups in total. The smallest absolute Gasteiger partial charge is 0.0113 e. The molecule has 2 heteroatoms. The summed E-state index contributed by atoms with van der Waals surface area (Å²) in [5.41, 5.74) is 0. The van der Waals surface area contributed by atoms with Gasteiger partial charge in [0.15, 0.2) is 0 Å². The summed E-state index contributed by atoms with van der Waals surface area (Å²) in [6, 6.07) is 0.800. The Balaban J connectivity index is 2.19. The van der Waals surface area contributed by atoms with E-state index < -0.39 is 0 Å². The summed E-state index contributed by atoms with van der Waals surface area (Å²) in [6.45, 7) is 9.67. The molecule has 13 heavy (non-hydrogen) atoms. The SMILES string of the molecule is CCCCC(C)N1CCN(C)CC1. The lowest BCUT2D eigenvalue weighted by molar-refractivity contribution is 0.113. The minimum absolute atomic E-state index is 0.800. The predicted octanol–water partition coefficient (Wildman–Crippen LogP) is 1.81. The Labute approximate surface area is 82.9 Å². The quantitative estimate of drug-likeness (QED) is 0.657. The van der Waals surface area contributed by atoms with Gasteiger partial charge in [-0.3, -0.25) is 4.90 Å². The van der Waals surface area contributed by atoms with Crippen LogP contribution in [0, 0.1) is 0 Å². The van der Waals surface area contributed by atoms with Crippen molar-refractivity contribution in [2.24, 2.45) is 0 Å². The molecule has 0 radical (unpaired) electrons. The van der Waals surface area contributed by atoms with Crippen LogP contribution in [0.25, 0.3) is 0 Å². The van der Waals surface area contributed by atoms with Gasteiger partial charge in [-0.15, -0.1) is 0 Å². The zero-order chi connectivity index (χ0) is 9.68. The fourth-order valence-electron chi connectivity index (χ4n) is 1.94. The maximum absolute atomic E-state index is 2.63. The Bertz CT molecular complexity index is 128. The molecule has 0 aromatic heterocycles. The van der Waals surface area contributed by atoms with Crippen molar-refractivity contribution in [2.75, 3.05) is 33.2 Å². The van der Waals surface area contributed by atoms with Crippen LogP contribution in [0.1, 0.15) is 33.1 Å². The van der Waals surface area contributed by atoms with Crippen LogP contribution in [0.2, 0.25) is 0 Å². The van der Waals surface area contributed by atoms with Crippen molar-refractivity contribution < 1.29 is 0 Å². The summed E-state index contributed by atoms with van der Waals surface area (Å²) < 4.78 is 0. The second kappa shape index (κ2) is 5.61. The first-order chi connectivity index (χ1) is 6.24. The van der Waals surface area contributed by atoms with E-state index in [1.165, 1.54) is 45.4 Å². The van der Waals surface area contributed by atoms with Gasteiger partial charge < -0.3 is 4.90 Å². The van der Waals surface area contributed by atoms with Gasteiger partial charge in [-0.25, -0.2) is 0 Å². The first-order valence-electron chi connectivity index (χ1n) is 5.66. The summed E-state index contributed by atoms with van der Waals surface area (Å²) in [7, 11) is 2.22. The van der Waals surface area contributed by atoms with Crippen molar-refractivity contribution in [3.05, 3.63) is 0 Å². The van der Waals surface area contributed by atoms with Crippen LogP contribution < -0.4 is 0 Å². The van der Waals surface area contributed by atoms with Gasteiger partial charge in [-0.05, 0) is 20.4 Å². The fraction of sp³-hybridized carbons (Fsp3) is 1.00. The third-order valence-corrected chi connectivity index (χ3v) is 3.14. The zero-order valence-corrected chi connectivity index (χ0v) is 9.42. The predicted molar refractivity (Wildman–Crippen MR) is 58.1 cm³/mol. The molecule has 1 unspecified atom stereocenters. The molecule has 0 aliphatic carbocycles. The van der Waals surface area contributed by atoms with E-state index in [4.69, 9.17) is 0 Å². The maximum atomic E-state index is 2.63. The van der Waals surface area contributed by atoms with Crippen LogP contribution in [0.15, 0.2) is 0 Å². The molecule has 0 spiro atoms. The molecular formula is C11H24N2. The monoisotopic (exact) mass is 184 g/mol. The Morgan fingerprint density at radius 1 is 1.15 bits per heavy atom. The third kappa shape index (κ3) is 3.65. The van der Waals surface area contributed by atoms with Gasteiger partial charge in [0, 0.05) is 32.2 Å². The second-order valence-electron chi connectivity index (χ2n) is 4.33. The lowest BCUT2D eigenvalue weighted by Gasteiger charge is -2.36. The van der Waals surface area contributed by atoms with Crippen LogP contribution in [0.5, 0.6) is 0 Å². The fourth-order valence-corrected chi connectivity index (χ4v) is 1.94. The minimum atomic E-state index is 0.800. The molecule has 1 fully saturated rings. The highest BCUT2D eigenvalue weighted by Crippen LogP contribution is 2.10. The number of hydrogen-bond acceptors (Lipinski definition) is 2. The number of likely N-dealkylation sites (N-methyl/N-ethyl adjacent to an activating group) is 1. The average Bonchev–Trinajstić information content (AvgIpc) is 2.15. The second-order valence-corrected chi connectivity index (χ2v) is 4.33. The first kappa shape index (κ1) is 11.0. The average molecular weight is 184 g/mol. The van der Waals surface area contributed by atoms with Gasteiger partial charge in [0.1, 0.15) is 0 Å². The van der Waals surface area contributed by atoms with E-state index in [-0.39, 0.29) is 0 Å². The molecule has 0 aromatic carbocycles. The Morgan fingerprint density at radius 2 is 1.77 bits per heavy atom. The highest BCUT2D eigenvalue weighted by molar-refractivity contribution is 4.74. The van der Waals surface area contributed by atoms with E-state index in [1.807, 2.05) is 0 Å². The topological polar surface area (TPSA) is 6.48 Å². The van der Waals surface area contributed by atoms with Gasteiger partial charge in [0.25, 0.3) is 0 Å². The van der Waals surface area contributed by atoms with E-state index in [1.54, 1.807) is 0 Å². The number of hydrogen-bond donors (Lipinski definition) is 0. The number of nitrogens with zero attached hydrogens (tertiary/aromatic N) is 2. The van der Waals surface area contributed by atoms with E-state index in [0.717, 1.165) is 6.04 Å². The maximum Gasteiger partial charge on any atom is 0.0113 e. The molecule has 1 aliphatic rings. The molecule has 1 rings (SSSR count). The normalized spacial score (nSPS) is 23.3. The third-order valence-electron chi connectivity index (χ3n) is 3.14. The Hall–Kier alpha value is -0.0800. The summed E-state index contributed by atoms with van der Waals surface area (Å²) in [5, 5.41) is 0. The first-order valence-corrected chi connectivity index (χ1v) is 5.66. The summed E-state index contributed by atoms with van der Waals surface area (Å²) in [6.07, 6.45) is 4.09. The van der Waals surface area contributed by atoms with E-state index in [2.05, 4.69) is 30.7 Å². The Morgan fingerprint density at radius 3 is 2.31 bits per heavy atom. The molecule has 0 bridgehead atoms. The van der Waals surface area contributed by atoms with Crippen LogP contribution in [0.4, 0.5) is 0 Å². The van der Waals surface area contributed by atoms with Crippen molar-refractivity contribution in [1.29, 1.82) is 0 Å². The molecule has 1 atom stereocenters. The van der Waals surface area contributed by atoms with Crippen molar-refractivity contribution in [3.8, 4) is 0 Å². The van der Waals surface area contributed by atoms with Crippen molar-refractivity contribution >= 4 is 0 Å². The largest absolute Gasteiger partial charge is 0.304 e. The van der Waals surface area contributed by atoms with Crippen LogP contribution in [-0.4, -0.2) is 49.1 Å². The van der Waals surface area contributed by atoms with E-state index in [0.29, 0.717) is 0 Å². The highest BCUT2D eigenvalue weighted by Gasteiger charge is 2.17. The zero-order valence-electron chi connectivity index (χ0n) is 9.42. The Kier molecular flexibility index (Phi) is 4.74. The summed E-state index contributed by atoms with van der Waals surface area (Å²) in [4.78, 5) is 5.05. The molecule has 0 amide bonds. The molecule has 0 aromatic rings. The number of piperazine rings is 1. The van der Waals surface area contributed by atoms with Crippen LogP contribution in [0.3, 0.4) is 0 Å². The molecule has 1 aliphatic heterocycles. The van der Waals surface area contributed by atoms with Gasteiger partial charge >= 0.3 is 0 Å². The molecule has 0 saturated carbocycles. The van der Waals surface area contributed by atoms with Crippen molar-refractivity contribution in [1.82, 2.24) is 9.80 Å². The summed E-state index contributed by atoms with van der Waals surface area (Å²) >= 11 is 0. The summed E-state index contributed by atoms with van der Waals surface area (Å²) in [5.74, 6) is 0. The lowest BCUT2D eigenvalue weighted by Crippen LogP contribution is -2.48. The number of rotatable bonds is 4. The molecule has 1 saturated heterocycles.